The van der Waals surface area contributed by atoms with Crippen molar-refractivity contribution in [3.8, 4) is 17.1 Å². The van der Waals surface area contributed by atoms with Gasteiger partial charge in [0.25, 0.3) is 0 Å². The summed E-state index contributed by atoms with van der Waals surface area (Å²) >= 11 is 1.29. The van der Waals surface area contributed by atoms with E-state index in [1.165, 1.54) is 36.0 Å². The molecular formula is C21H14F3N3S. The van der Waals surface area contributed by atoms with E-state index < -0.39 is 11.6 Å². The Hall–Kier alpha value is -3.06. The van der Waals surface area contributed by atoms with Gasteiger partial charge in [-0.1, -0.05) is 36.0 Å². The lowest BCUT2D eigenvalue weighted by molar-refractivity contribution is 0.576. The summed E-state index contributed by atoms with van der Waals surface area (Å²) in [4.78, 5) is 0. The van der Waals surface area contributed by atoms with Crippen LogP contribution in [-0.4, -0.2) is 14.8 Å². The van der Waals surface area contributed by atoms with Crippen molar-refractivity contribution in [2.45, 2.75) is 10.9 Å². The van der Waals surface area contributed by atoms with E-state index in [1.807, 2.05) is 34.9 Å². The van der Waals surface area contributed by atoms with Gasteiger partial charge in [0.2, 0.25) is 0 Å². The molecule has 3 aromatic carbocycles. The fraction of sp³-hybridized carbons (Fsp3) is 0.0476. The third-order valence-electron chi connectivity index (χ3n) is 4.12. The highest BCUT2D eigenvalue weighted by molar-refractivity contribution is 7.98. The van der Waals surface area contributed by atoms with Crippen molar-refractivity contribution in [2.24, 2.45) is 0 Å². The molecule has 0 fully saturated rings. The minimum atomic E-state index is -0.614. The van der Waals surface area contributed by atoms with Crippen LogP contribution >= 0.6 is 11.8 Å². The number of nitrogens with zero attached hydrogens (tertiary/aromatic N) is 3. The molecule has 1 aromatic heterocycles. The fourth-order valence-electron chi connectivity index (χ4n) is 2.74. The van der Waals surface area contributed by atoms with Gasteiger partial charge in [-0.3, -0.25) is 4.57 Å². The van der Waals surface area contributed by atoms with Crippen molar-refractivity contribution in [2.75, 3.05) is 0 Å². The van der Waals surface area contributed by atoms with E-state index in [0.717, 1.165) is 11.8 Å². The zero-order valence-electron chi connectivity index (χ0n) is 14.5. The number of hydrogen-bond acceptors (Lipinski definition) is 3. The summed E-state index contributed by atoms with van der Waals surface area (Å²) in [6.45, 7) is 0. The minimum absolute atomic E-state index is 0.264. The molecule has 0 aliphatic carbocycles. The van der Waals surface area contributed by atoms with Gasteiger partial charge in [-0.2, -0.15) is 0 Å². The molecule has 0 aliphatic heterocycles. The van der Waals surface area contributed by atoms with Gasteiger partial charge in [-0.05, 0) is 48.0 Å². The molecule has 140 valence electrons. The van der Waals surface area contributed by atoms with E-state index in [4.69, 9.17) is 0 Å². The molecule has 0 bridgehead atoms. The average molecular weight is 397 g/mol. The van der Waals surface area contributed by atoms with Gasteiger partial charge in [-0.15, -0.1) is 10.2 Å². The van der Waals surface area contributed by atoms with E-state index in [0.29, 0.717) is 22.1 Å². The fourth-order valence-corrected chi connectivity index (χ4v) is 3.68. The van der Waals surface area contributed by atoms with E-state index in [2.05, 4.69) is 10.2 Å². The van der Waals surface area contributed by atoms with Gasteiger partial charge in [0, 0.05) is 23.1 Å². The first kappa shape index (κ1) is 18.3. The van der Waals surface area contributed by atoms with Crippen molar-refractivity contribution < 1.29 is 13.2 Å². The first-order valence-corrected chi connectivity index (χ1v) is 9.44. The number of benzene rings is 3. The molecule has 0 saturated heterocycles. The van der Waals surface area contributed by atoms with Crippen molar-refractivity contribution in [3.63, 3.8) is 0 Å². The molecule has 4 rings (SSSR count). The number of halogens is 3. The molecule has 0 saturated carbocycles. The molecular weight excluding hydrogens is 383 g/mol. The standard InChI is InChI=1S/C21H14F3N3S/c22-16-9-6-14(7-10-16)20-25-26-21(27(20)18-4-2-1-3-5-18)28-13-15-8-11-17(23)12-19(15)24/h1-12H,13H2. The topological polar surface area (TPSA) is 30.7 Å². The van der Waals surface area contributed by atoms with Crippen LogP contribution in [0.2, 0.25) is 0 Å². The molecule has 4 aromatic rings. The number of aromatic nitrogens is 3. The van der Waals surface area contributed by atoms with Crippen LogP contribution in [0.15, 0.2) is 78.0 Å². The quantitative estimate of drug-likeness (QED) is 0.408. The van der Waals surface area contributed by atoms with Gasteiger partial charge in [0.15, 0.2) is 11.0 Å². The highest BCUT2D eigenvalue weighted by atomic mass is 32.2. The van der Waals surface area contributed by atoms with Gasteiger partial charge in [0.1, 0.15) is 17.5 Å². The summed E-state index contributed by atoms with van der Waals surface area (Å²) < 4.78 is 42.2. The second-order valence-corrected chi connectivity index (χ2v) is 6.95. The maximum absolute atomic E-state index is 14.0. The number of hydrogen-bond donors (Lipinski definition) is 0. The van der Waals surface area contributed by atoms with E-state index in [1.54, 1.807) is 12.1 Å². The summed E-state index contributed by atoms with van der Waals surface area (Å²) in [5.41, 5.74) is 1.91. The van der Waals surface area contributed by atoms with E-state index >= 15 is 0 Å². The highest BCUT2D eigenvalue weighted by Crippen LogP contribution is 2.30. The maximum Gasteiger partial charge on any atom is 0.196 e. The van der Waals surface area contributed by atoms with Crippen LogP contribution in [-0.2, 0) is 5.75 Å². The lowest BCUT2D eigenvalue weighted by Crippen LogP contribution is -2.00. The van der Waals surface area contributed by atoms with Gasteiger partial charge < -0.3 is 0 Å². The van der Waals surface area contributed by atoms with Crippen LogP contribution in [0.5, 0.6) is 0 Å². The zero-order chi connectivity index (χ0) is 19.5. The Morgan fingerprint density at radius 2 is 1.50 bits per heavy atom. The number of rotatable bonds is 5. The number of thioether (sulfide) groups is 1. The van der Waals surface area contributed by atoms with Gasteiger partial charge >= 0.3 is 0 Å². The molecule has 28 heavy (non-hydrogen) atoms. The minimum Gasteiger partial charge on any atom is -0.270 e. The molecule has 0 N–H and O–H groups in total. The Morgan fingerprint density at radius 3 is 2.21 bits per heavy atom. The molecule has 0 atom stereocenters. The molecule has 0 spiro atoms. The predicted octanol–water partition coefficient (Wildman–Crippen LogP) is 5.64. The lowest BCUT2D eigenvalue weighted by atomic mass is 10.2. The Bertz CT molecular complexity index is 1100. The zero-order valence-corrected chi connectivity index (χ0v) is 15.3. The Morgan fingerprint density at radius 1 is 0.786 bits per heavy atom. The van der Waals surface area contributed by atoms with Gasteiger partial charge in [0.05, 0.1) is 0 Å². The molecule has 1 heterocycles. The van der Waals surface area contributed by atoms with Gasteiger partial charge in [-0.25, -0.2) is 13.2 Å². The highest BCUT2D eigenvalue weighted by Gasteiger charge is 2.17. The summed E-state index contributed by atoms with van der Waals surface area (Å²) in [5, 5.41) is 9.05. The molecule has 3 nitrogen and oxygen atoms in total. The largest absolute Gasteiger partial charge is 0.270 e. The molecule has 0 aliphatic rings. The smallest absolute Gasteiger partial charge is 0.196 e. The first-order chi connectivity index (χ1) is 13.6. The van der Waals surface area contributed by atoms with Crippen LogP contribution in [0, 0.1) is 17.5 Å². The third kappa shape index (κ3) is 3.80. The average Bonchev–Trinajstić information content (AvgIpc) is 3.12. The monoisotopic (exact) mass is 397 g/mol. The van der Waals surface area contributed by atoms with Crippen molar-refractivity contribution in [1.29, 1.82) is 0 Å². The summed E-state index contributed by atoms with van der Waals surface area (Å²) in [6.07, 6.45) is 0. The Kier molecular flexibility index (Phi) is 5.16. The second kappa shape index (κ2) is 7.90. The van der Waals surface area contributed by atoms with Crippen molar-refractivity contribution >= 4 is 11.8 Å². The van der Waals surface area contributed by atoms with Crippen LogP contribution in [0.3, 0.4) is 0 Å². The molecule has 0 unspecified atom stereocenters. The SMILES string of the molecule is Fc1ccc(-c2nnc(SCc3ccc(F)cc3F)n2-c2ccccc2)cc1. The maximum atomic E-state index is 14.0. The van der Waals surface area contributed by atoms with Crippen LogP contribution in [0.1, 0.15) is 5.56 Å². The summed E-state index contributed by atoms with van der Waals surface area (Å²) in [7, 11) is 0. The van der Waals surface area contributed by atoms with Crippen LogP contribution < -0.4 is 0 Å². The summed E-state index contributed by atoms with van der Waals surface area (Å²) in [5.74, 6) is -0.737. The van der Waals surface area contributed by atoms with Crippen LogP contribution in [0.4, 0.5) is 13.2 Å². The van der Waals surface area contributed by atoms with E-state index in [9.17, 15) is 13.2 Å². The first-order valence-electron chi connectivity index (χ1n) is 8.45. The van der Waals surface area contributed by atoms with Crippen molar-refractivity contribution in [3.05, 3.63) is 95.8 Å². The van der Waals surface area contributed by atoms with E-state index in [-0.39, 0.29) is 11.6 Å². The Labute approximate surface area is 163 Å². The second-order valence-electron chi connectivity index (χ2n) is 6.01. The lowest BCUT2D eigenvalue weighted by Gasteiger charge is -2.10. The molecule has 0 amide bonds. The van der Waals surface area contributed by atoms with Crippen molar-refractivity contribution in [1.82, 2.24) is 14.8 Å². The molecule has 0 radical (unpaired) electrons. The summed E-state index contributed by atoms with van der Waals surface area (Å²) in [6, 6.07) is 19.0. The number of para-hydroxylation sites is 1. The molecule has 7 heteroatoms. The predicted molar refractivity (Wildman–Crippen MR) is 103 cm³/mol. The van der Waals surface area contributed by atoms with Crippen LogP contribution in [0.25, 0.3) is 17.1 Å². The third-order valence-corrected chi connectivity index (χ3v) is 5.10. The normalized spacial score (nSPS) is 11.0. The Balaban J connectivity index is 1.72.